The van der Waals surface area contributed by atoms with Gasteiger partial charge in [-0.05, 0) is 26.0 Å². The highest BCUT2D eigenvalue weighted by Gasteiger charge is 2.17. The van der Waals surface area contributed by atoms with Crippen molar-refractivity contribution in [2.24, 2.45) is 0 Å². The van der Waals surface area contributed by atoms with E-state index in [1.54, 1.807) is 24.3 Å². The Morgan fingerprint density at radius 1 is 1.41 bits per heavy atom. The fourth-order valence-electron chi connectivity index (χ4n) is 1.27. The van der Waals surface area contributed by atoms with Gasteiger partial charge in [0, 0.05) is 0 Å². The van der Waals surface area contributed by atoms with Crippen LogP contribution in [0.15, 0.2) is 24.3 Å². The number of amides is 1. The average Bonchev–Trinajstić information content (AvgIpc) is 2.29. The molecular weight excluding hydrogens is 222 g/mol. The van der Waals surface area contributed by atoms with Gasteiger partial charge in [0.2, 0.25) is 0 Å². The largest absolute Gasteiger partial charge is 0.493 e. The SMILES string of the molecule is CCOc1ccccc1C(=O)NC(C)C(=O)O. The third-order valence-electron chi connectivity index (χ3n) is 2.15. The molecule has 1 atom stereocenters. The minimum absolute atomic E-state index is 0.336. The molecule has 0 aliphatic carbocycles. The first-order valence-corrected chi connectivity index (χ1v) is 5.31. The number of aliphatic carboxylic acids is 1. The van der Waals surface area contributed by atoms with E-state index < -0.39 is 17.9 Å². The Bertz CT molecular complexity index is 417. The van der Waals surface area contributed by atoms with Crippen molar-refractivity contribution in [3.63, 3.8) is 0 Å². The van der Waals surface area contributed by atoms with Crippen molar-refractivity contribution in [3.8, 4) is 5.75 Å². The van der Waals surface area contributed by atoms with E-state index in [-0.39, 0.29) is 0 Å². The predicted octanol–water partition coefficient (Wildman–Crippen LogP) is 1.29. The molecule has 0 fully saturated rings. The van der Waals surface area contributed by atoms with Crippen LogP contribution in [0.25, 0.3) is 0 Å². The molecular formula is C12H15NO4. The van der Waals surface area contributed by atoms with E-state index in [0.717, 1.165) is 0 Å². The van der Waals surface area contributed by atoms with Gasteiger partial charge in [-0.2, -0.15) is 0 Å². The highest BCUT2D eigenvalue weighted by molar-refractivity contribution is 5.98. The van der Waals surface area contributed by atoms with Gasteiger partial charge in [-0.15, -0.1) is 0 Å². The summed E-state index contributed by atoms with van der Waals surface area (Å²) in [6, 6.07) is 5.78. The highest BCUT2D eigenvalue weighted by atomic mass is 16.5. The molecule has 17 heavy (non-hydrogen) atoms. The standard InChI is InChI=1S/C12H15NO4/c1-3-17-10-7-5-4-6-9(10)11(14)13-8(2)12(15)16/h4-8H,3H2,1-2H3,(H,13,14)(H,15,16). The first-order valence-electron chi connectivity index (χ1n) is 5.31. The van der Waals surface area contributed by atoms with Gasteiger partial charge >= 0.3 is 5.97 Å². The summed E-state index contributed by atoms with van der Waals surface area (Å²) in [7, 11) is 0. The van der Waals surface area contributed by atoms with Gasteiger partial charge in [-0.1, -0.05) is 12.1 Å². The normalized spacial score (nSPS) is 11.6. The van der Waals surface area contributed by atoms with E-state index in [4.69, 9.17) is 9.84 Å². The van der Waals surface area contributed by atoms with Gasteiger partial charge in [0.1, 0.15) is 11.8 Å². The molecule has 0 spiro atoms. The van der Waals surface area contributed by atoms with Crippen LogP contribution in [0.2, 0.25) is 0 Å². The Labute approximate surface area is 99.4 Å². The van der Waals surface area contributed by atoms with Crippen molar-refractivity contribution in [2.45, 2.75) is 19.9 Å². The smallest absolute Gasteiger partial charge is 0.325 e. The van der Waals surface area contributed by atoms with Crippen LogP contribution in [0.5, 0.6) is 5.75 Å². The molecule has 0 saturated carbocycles. The van der Waals surface area contributed by atoms with Gasteiger partial charge in [-0.3, -0.25) is 9.59 Å². The van der Waals surface area contributed by atoms with E-state index >= 15 is 0 Å². The van der Waals surface area contributed by atoms with Crippen LogP contribution in [0.4, 0.5) is 0 Å². The third kappa shape index (κ3) is 3.48. The zero-order chi connectivity index (χ0) is 12.8. The molecule has 5 nitrogen and oxygen atoms in total. The van der Waals surface area contributed by atoms with Crippen LogP contribution in [-0.4, -0.2) is 29.6 Å². The van der Waals surface area contributed by atoms with Crippen LogP contribution in [0, 0.1) is 0 Å². The molecule has 2 N–H and O–H groups in total. The second kappa shape index (κ2) is 5.89. The molecule has 1 amide bonds. The Hall–Kier alpha value is -2.04. The number of carboxylic acid groups (broad SMARTS) is 1. The molecule has 0 radical (unpaired) electrons. The molecule has 1 aromatic rings. The van der Waals surface area contributed by atoms with Gasteiger partial charge < -0.3 is 15.2 Å². The fourth-order valence-corrected chi connectivity index (χ4v) is 1.27. The lowest BCUT2D eigenvalue weighted by atomic mass is 10.1. The monoisotopic (exact) mass is 237 g/mol. The maximum Gasteiger partial charge on any atom is 0.325 e. The quantitative estimate of drug-likeness (QED) is 0.809. The van der Waals surface area contributed by atoms with Gasteiger partial charge in [-0.25, -0.2) is 0 Å². The van der Waals surface area contributed by atoms with Crippen molar-refractivity contribution >= 4 is 11.9 Å². The summed E-state index contributed by atoms with van der Waals surface area (Å²) < 4.78 is 5.29. The molecule has 0 bridgehead atoms. The summed E-state index contributed by atoms with van der Waals surface area (Å²) in [5.41, 5.74) is 0.336. The Balaban J connectivity index is 2.84. The Kier molecular flexibility index (Phi) is 4.51. The Morgan fingerprint density at radius 2 is 2.06 bits per heavy atom. The summed E-state index contributed by atoms with van der Waals surface area (Å²) in [6.45, 7) is 3.66. The number of para-hydroxylation sites is 1. The highest BCUT2D eigenvalue weighted by Crippen LogP contribution is 2.17. The first kappa shape index (κ1) is 13.0. The van der Waals surface area contributed by atoms with Crippen molar-refractivity contribution in [2.75, 3.05) is 6.61 Å². The van der Waals surface area contributed by atoms with E-state index in [0.29, 0.717) is 17.9 Å². The van der Waals surface area contributed by atoms with E-state index in [9.17, 15) is 9.59 Å². The number of hydrogen-bond donors (Lipinski definition) is 2. The third-order valence-corrected chi connectivity index (χ3v) is 2.15. The molecule has 1 unspecified atom stereocenters. The second-order valence-corrected chi connectivity index (χ2v) is 3.46. The van der Waals surface area contributed by atoms with Crippen LogP contribution in [-0.2, 0) is 4.79 Å². The van der Waals surface area contributed by atoms with E-state index in [1.807, 2.05) is 6.92 Å². The minimum Gasteiger partial charge on any atom is -0.493 e. The lowest BCUT2D eigenvalue weighted by Gasteiger charge is -2.12. The first-order chi connectivity index (χ1) is 8.06. The summed E-state index contributed by atoms with van der Waals surface area (Å²) >= 11 is 0. The molecule has 0 saturated heterocycles. The van der Waals surface area contributed by atoms with Gasteiger partial charge in [0.25, 0.3) is 5.91 Å². The summed E-state index contributed by atoms with van der Waals surface area (Å²) in [5, 5.41) is 11.1. The zero-order valence-electron chi connectivity index (χ0n) is 9.77. The van der Waals surface area contributed by atoms with E-state index in [1.165, 1.54) is 6.92 Å². The predicted molar refractivity (Wildman–Crippen MR) is 62.2 cm³/mol. The number of benzene rings is 1. The van der Waals surface area contributed by atoms with Gasteiger partial charge in [0.15, 0.2) is 0 Å². The molecule has 5 heteroatoms. The number of carbonyl (C=O) groups excluding carboxylic acids is 1. The second-order valence-electron chi connectivity index (χ2n) is 3.46. The van der Waals surface area contributed by atoms with Crippen molar-refractivity contribution in [3.05, 3.63) is 29.8 Å². The molecule has 0 aliphatic rings. The van der Waals surface area contributed by atoms with Crippen molar-refractivity contribution in [1.82, 2.24) is 5.32 Å². The lowest BCUT2D eigenvalue weighted by molar-refractivity contribution is -0.138. The Morgan fingerprint density at radius 3 is 2.65 bits per heavy atom. The van der Waals surface area contributed by atoms with Crippen LogP contribution >= 0.6 is 0 Å². The molecule has 0 aliphatic heterocycles. The number of hydrogen-bond acceptors (Lipinski definition) is 3. The van der Waals surface area contributed by atoms with Crippen molar-refractivity contribution < 1.29 is 19.4 Å². The van der Waals surface area contributed by atoms with Crippen LogP contribution in [0.3, 0.4) is 0 Å². The number of nitrogens with one attached hydrogen (secondary N) is 1. The maximum absolute atomic E-state index is 11.8. The number of rotatable bonds is 5. The molecule has 0 heterocycles. The summed E-state index contributed by atoms with van der Waals surface area (Å²) in [5.74, 6) is -1.08. The maximum atomic E-state index is 11.8. The summed E-state index contributed by atoms with van der Waals surface area (Å²) in [4.78, 5) is 22.4. The number of ether oxygens (including phenoxy) is 1. The molecule has 1 aromatic carbocycles. The van der Waals surface area contributed by atoms with Gasteiger partial charge in [0.05, 0.1) is 12.2 Å². The lowest BCUT2D eigenvalue weighted by Crippen LogP contribution is -2.38. The minimum atomic E-state index is -1.08. The zero-order valence-corrected chi connectivity index (χ0v) is 9.77. The van der Waals surface area contributed by atoms with Crippen LogP contribution in [0.1, 0.15) is 24.2 Å². The van der Waals surface area contributed by atoms with Crippen molar-refractivity contribution in [1.29, 1.82) is 0 Å². The fraction of sp³-hybridized carbons (Fsp3) is 0.333. The van der Waals surface area contributed by atoms with Crippen LogP contribution < -0.4 is 10.1 Å². The number of carboxylic acids is 1. The average molecular weight is 237 g/mol. The molecule has 1 rings (SSSR count). The van der Waals surface area contributed by atoms with E-state index in [2.05, 4.69) is 5.32 Å². The molecule has 0 aromatic heterocycles. The topological polar surface area (TPSA) is 75.6 Å². The molecule has 92 valence electrons. The number of carbonyl (C=O) groups is 2. The summed E-state index contributed by atoms with van der Waals surface area (Å²) in [6.07, 6.45) is 0.